The molecule has 0 bridgehead atoms. The highest BCUT2D eigenvalue weighted by atomic mass is 79.9. The first-order chi connectivity index (χ1) is 8.11. The molecule has 0 atom stereocenters. The van der Waals surface area contributed by atoms with Gasteiger partial charge in [0.15, 0.2) is 5.84 Å². The van der Waals surface area contributed by atoms with Crippen LogP contribution < -0.4 is 11.1 Å². The van der Waals surface area contributed by atoms with Gasteiger partial charge in [0.25, 0.3) is 0 Å². The first kappa shape index (κ1) is 11.9. The van der Waals surface area contributed by atoms with Crippen LogP contribution in [0, 0.1) is 5.92 Å². The standard InChI is InChI=1S/C11H12BrN3O2/c12-7-3-4-9(8(5-7)10(13)15-17)14-11(16)6-1-2-6/h3-6,17H,1-2H2,(H2,13,15)(H,14,16). The molecule has 0 unspecified atom stereocenters. The number of hydrogen-bond acceptors (Lipinski definition) is 3. The maximum atomic E-state index is 11.7. The van der Waals surface area contributed by atoms with E-state index < -0.39 is 0 Å². The summed E-state index contributed by atoms with van der Waals surface area (Å²) < 4.78 is 0.795. The summed E-state index contributed by atoms with van der Waals surface area (Å²) in [5.74, 6) is 0.0653. The summed E-state index contributed by atoms with van der Waals surface area (Å²) in [7, 11) is 0. The van der Waals surface area contributed by atoms with Gasteiger partial charge in [0, 0.05) is 16.0 Å². The molecule has 1 aliphatic rings. The highest BCUT2D eigenvalue weighted by Gasteiger charge is 2.30. The van der Waals surface area contributed by atoms with E-state index in [0.717, 1.165) is 17.3 Å². The van der Waals surface area contributed by atoms with Crippen LogP contribution in [0.5, 0.6) is 0 Å². The van der Waals surface area contributed by atoms with Crippen LogP contribution in [0.1, 0.15) is 18.4 Å². The first-order valence-electron chi connectivity index (χ1n) is 5.20. The van der Waals surface area contributed by atoms with Crippen LogP contribution in [0.2, 0.25) is 0 Å². The Balaban J connectivity index is 2.28. The summed E-state index contributed by atoms with van der Waals surface area (Å²) in [4.78, 5) is 11.7. The Morgan fingerprint density at radius 1 is 1.53 bits per heavy atom. The number of nitrogens with zero attached hydrogens (tertiary/aromatic N) is 1. The Morgan fingerprint density at radius 3 is 2.82 bits per heavy atom. The lowest BCUT2D eigenvalue weighted by molar-refractivity contribution is -0.117. The van der Waals surface area contributed by atoms with Gasteiger partial charge in [-0.15, -0.1) is 0 Å². The van der Waals surface area contributed by atoms with Crippen molar-refractivity contribution >= 4 is 33.4 Å². The second-order valence-electron chi connectivity index (χ2n) is 3.94. The van der Waals surface area contributed by atoms with Crippen molar-refractivity contribution in [3.8, 4) is 0 Å². The number of nitrogens with one attached hydrogen (secondary N) is 1. The van der Waals surface area contributed by atoms with Crippen molar-refractivity contribution in [3.05, 3.63) is 28.2 Å². The zero-order valence-electron chi connectivity index (χ0n) is 8.98. The fourth-order valence-electron chi connectivity index (χ4n) is 1.47. The predicted octanol–water partition coefficient (Wildman–Crippen LogP) is 1.89. The quantitative estimate of drug-likeness (QED) is 0.344. The molecule has 1 aliphatic carbocycles. The van der Waals surface area contributed by atoms with Gasteiger partial charge in [-0.2, -0.15) is 0 Å². The Labute approximate surface area is 107 Å². The van der Waals surface area contributed by atoms with Crippen molar-refractivity contribution < 1.29 is 10.0 Å². The van der Waals surface area contributed by atoms with Gasteiger partial charge in [0.2, 0.25) is 5.91 Å². The van der Waals surface area contributed by atoms with E-state index >= 15 is 0 Å². The van der Waals surface area contributed by atoms with Crippen molar-refractivity contribution in [2.45, 2.75) is 12.8 Å². The van der Waals surface area contributed by atoms with E-state index in [4.69, 9.17) is 10.9 Å². The smallest absolute Gasteiger partial charge is 0.227 e. The molecule has 1 amide bonds. The number of nitrogens with two attached hydrogens (primary N) is 1. The topological polar surface area (TPSA) is 87.7 Å². The zero-order valence-corrected chi connectivity index (χ0v) is 10.6. The largest absolute Gasteiger partial charge is 0.409 e. The minimum Gasteiger partial charge on any atom is -0.409 e. The van der Waals surface area contributed by atoms with Crippen molar-refractivity contribution in [3.63, 3.8) is 0 Å². The predicted molar refractivity (Wildman–Crippen MR) is 68.0 cm³/mol. The third-order valence-corrected chi connectivity index (χ3v) is 3.06. The third kappa shape index (κ3) is 2.76. The number of carbonyl (C=O) groups excluding carboxylic acids is 1. The van der Waals surface area contributed by atoms with Gasteiger partial charge in [-0.05, 0) is 31.0 Å². The number of hydrogen-bond donors (Lipinski definition) is 3. The number of oxime groups is 1. The van der Waals surface area contributed by atoms with Crippen molar-refractivity contribution in [1.29, 1.82) is 0 Å². The number of benzene rings is 1. The van der Waals surface area contributed by atoms with Crippen LogP contribution in [-0.2, 0) is 4.79 Å². The van der Waals surface area contributed by atoms with E-state index in [2.05, 4.69) is 26.4 Å². The highest BCUT2D eigenvalue weighted by Crippen LogP contribution is 2.31. The summed E-state index contributed by atoms with van der Waals surface area (Å²) in [5, 5.41) is 14.4. The van der Waals surface area contributed by atoms with Crippen LogP contribution in [0.3, 0.4) is 0 Å². The summed E-state index contributed by atoms with van der Waals surface area (Å²) in [6.45, 7) is 0. The van der Waals surface area contributed by atoms with E-state index in [1.165, 1.54) is 0 Å². The highest BCUT2D eigenvalue weighted by molar-refractivity contribution is 9.10. The fourth-order valence-corrected chi connectivity index (χ4v) is 1.83. The van der Waals surface area contributed by atoms with E-state index in [1.54, 1.807) is 18.2 Å². The summed E-state index contributed by atoms with van der Waals surface area (Å²) >= 11 is 3.30. The van der Waals surface area contributed by atoms with E-state index in [-0.39, 0.29) is 17.7 Å². The molecule has 1 saturated carbocycles. The zero-order chi connectivity index (χ0) is 12.4. The van der Waals surface area contributed by atoms with E-state index in [9.17, 15) is 4.79 Å². The number of carbonyl (C=O) groups is 1. The molecule has 4 N–H and O–H groups in total. The molecule has 1 fully saturated rings. The molecule has 5 nitrogen and oxygen atoms in total. The lowest BCUT2D eigenvalue weighted by atomic mass is 10.1. The Kier molecular flexibility index (Phi) is 3.33. The molecule has 0 aliphatic heterocycles. The monoisotopic (exact) mass is 297 g/mol. The van der Waals surface area contributed by atoms with Crippen LogP contribution in [-0.4, -0.2) is 17.0 Å². The molecule has 2 rings (SSSR count). The molecule has 17 heavy (non-hydrogen) atoms. The summed E-state index contributed by atoms with van der Waals surface area (Å²) in [6, 6.07) is 5.20. The molecule has 1 aromatic carbocycles. The number of amides is 1. The molecule has 0 heterocycles. The average Bonchev–Trinajstić information content (AvgIpc) is 3.14. The second kappa shape index (κ2) is 4.75. The lowest BCUT2D eigenvalue weighted by Crippen LogP contribution is -2.20. The van der Waals surface area contributed by atoms with E-state index in [0.29, 0.717) is 11.3 Å². The van der Waals surface area contributed by atoms with Gasteiger partial charge in [0.1, 0.15) is 0 Å². The normalized spacial score (nSPS) is 15.7. The molecular formula is C11H12BrN3O2. The van der Waals surface area contributed by atoms with Crippen molar-refractivity contribution in [2.24, 2.45) is 16.8 Å². The molecular weight excluding hydrogens is 286 g/mol. The fraction of sp³-hybridized carbons (Fsp3) is 0.273. The second-order valence-corrected chi connectivity index (χ2v) is 4.85. The summed E-state index contributed by atoms with van der Waals surface area (Å²) in [5.41, 5.74) is 6.61. The molecule has 1 aromatic rings. The maximum absolute atomic E-state index is 11.7. The SMILES string of the molecule is N/C(=N/O)c1cc(Br)ccc1NC(=O)C1CC1. The Hall–Kier alpha value is -1.56. The summed E-state index contributed by atoms with van der Waals surface area (Å²) in [6.07, 6.45) is 1.86. The van der Waals surface area contributed by atoms with Crippen LogP contribution in [0.25, 0.3) is 0 Å². The van der Waals surface area contributed by atoms with Crippen LogP contribution >= 0.6 is 15.9 Å². The molecule has 90 valence electrons. The number of amidine groups is 1. The maximum Gasteiger partial charge on any atom is 0.227 e. The average molecular weight is 298 g/mol. The number of anilines is 1. The number of rotatable bonds is 3. The van der Waals surface area contributed by atoms with Gasteiger partial charge in [-0.1, -0.05) is 21.1 Å². The minimum absolute atomic E-state index is 0.0145. The Morgan fingerprint density at radius 2 is 2.24 bits per heavy atom. The minimum atomic E-state index is -0.0302. The van der Waals surface area contributed by atoms with Crippen molar-refractivity contribution in [2.75, 3.05) is 5.32 Å². The Bertz CT molecular complexity index is 484. The van der Waals surface area contributed by atoms with Gasteiger partial charge < -0.3 is 16.3 Å². The first-order valence-corrected chi connectivity index (χ1v) is 5.99. The van der Waals surface area contributed by atoms with E-state index in [1.807, 2.05) is 0 Å². The molecule has 0 spiro atoms. The number of halogens is 1. The molecule has 0 radical (unpaired) electrons. The van der Waals surface area contributed by atoms with Gasteiger partial charge in [-0.25, -0.2) is 0 Å². The molecule has 0 aromatic heterocycles. The third-order valence-electron chi connectivity index (χ3n) is 2.57. The van der Waals surface area contributed by atoms with Crippen molar-refractivity contribution in [1.82, 2.24) is 0 Å². The molecule has 0 saturated heterocycles. The van der Waals surface area contributed by atoms with Crippen LogP contribution in [0.15, 0.2) is 27.8 Å². The molecule has 6 heteroatoms. The van der Waals surface area contributed by atoms with Gasteiger partial charge >= 0.3 is 0 Å². The van der Waals surface area contributed by atoms with Gasteiger partial charge in [-0.3, -0.25) is 4.79 Å². The lowest BCUT2D eigenvalue weighted by Gasteiger charge is -2.10. The van der Waals surface area contributed by atoms with Crippen LogP contribution in [0.4, 0.5) is 5.69 Å². The van der Waals surface area contributed by atoms with Gasteiger partial charge in [0.05, 0.1) is 5.69 Å².